The molecule has 0 saturated carbocycles. The van der Waals surface area contributed by atoms with E-state index in [1.54, 1.807) is 6.20 Å². The molecule has 0 aliphatic carbocycles. The second kappa shape index (κ2) is 8.50. The first-order valence-corrected chi connectivity index (χ1v) is 8.56. The quantitative estimate of drug-likeness (QED) is 0.488. The summed E-state index contributed by atoms with van der Waals surface area (Å²) < 4.78 is 0. The van der Waals surface area contributed by atoms with Crippen molar-refractivity contribution in [2.45, 2.75) is 6.92 Å². The Morgan fingerprint density at radius 1 is 1.04 bits per heavy atom. The fourth-order valence-corrected chi connectivity index (χ4v) is 2.70. The van der Waals surface area contributed by atoms with Crippen molar-refractivity contribution >= 4 is 28.9 Å². The molecule has 2 aromatic rings. The standard InChI is InChI=1S/C17H21N7S/c1-14(15-6-2-4-8-18-15)20-21-17(25)22-24-12-10-23(11-13-24)16-7-3-5-9-19-16/h2-9H,10-13H2,1H3,(H2,21,22,25)/b20-14+. The van der Waals surface area contributed by atoms with Crippen LogP contribution in [0.1, 0.15) is 12.6 Å². The topological polar surface area (TPSA) is 68.7 Å². The molecule has 0 spiro atoms. The number of anilines is 1. The zero-order valence-electron chi connectivity index (χ0n) is 14.1. The van der Waals surface area contributed by atoms with Crippen molar-refractivity contribution in [3.05, 3.63) is 54.5 Å². The van der Waals surface area contributed by atoms with Gasteiger partial charge < -0.3 is 4.90 Å². The van der Waals surface area contributed by atoms with Crippen LogP contribution in [0.25, 0.3) is 0 Å². The summed E-state index contributed by atoms with van der Waals surface area (Å²) in [4.78, 5) is 10.9. The Hall–Kier alpha value is -2.58. The van der Waals surface area contributed by atoms with Crippen LogP contribution in [-0.4, -0.2) is 52.0 Å². The van der Waals surface area contributed by atoms with Gasteiger partial charge >= 0.3 is 0 Å². The smallest absolute Gasteiger partial charge is 0.201 e. The van der Waals surface area contributed by atoms with E-state index in [1.165, 1.54) is 0 Å². The summed E-state index contributed by atoms with van der Waals surface area (Å²) in [5.41, 5.74) is 7.65. The molecule has 0 radical (unpaired) electrons. The average molecular weight is 355 g/mol. The first-order chi connectivity index (χ1) is 12.2. The Kier molecular flexibility index (Phi) is 5.86. The predicted molar refractivity (Wildman–Crippen MR) is 103 cm³/mol. The van der Waals surface area contributed by atoms with Crippen molar-refractivity contribution in [2.75, 3.05) is 31.1 Å². The zero-order valence-corrected chi connectivity index (χ0v) is 14.9. The lowest BCUT2D eigenvalue weighted by molar-refractivity contribution is 0.220. The number of hydrogen-bond acceptors (Lipinski definition) is 6. The van der Waals surface area contributed by atoms with Crippen LogP contribution in [0.4, 0.5) is 5.82 Å². The molecule has 0 amide bonds. The van der Waals surface area contributed by atoms with E-state index >= 15 is 0 Å². The van der Waals surface area contributed by atoms with Crippen LogP contribution in [0.15, 0.2) is 53.9 Å². The van der Waals surface area contributed by atoms with Gasteiger partial charge in [0.2, 0.25) is 5.11 Å². The molecule has 1 saturated heterocycles. The summed E-state index contributed by atoms with van der Waals surface area (Å²) in [6.07, 6.45) is 3.56. The molecule has 3 heterocycles. The van der Waals surface area contributed by atoms with Crippen molar-refractivity contribution in [2.24, 2.45) is 5.10 Å². The first kappa shape index (κ1) is 17.2. The normalized spacial score (nSPS) is 15.7. The Morgan fingerprint density at radius 2 is 1.76 bits per heavy atom. The van der Waals surface area contributed by atoms with E-state index in [4.69, 9.17) is 12.2 Å². The van der Waals surface area contributed by atoms with Gasteiger partial charge in [-0.3, -0.25) is 15.8 Å². The molecule has 2 aromatic heterocycles. The Balaban J connectivity index is 1.45. The summed E-state index contributed by atoms with van der Waals surface area (Å²) in [7, 11) is 0. The number of piperazine rings is 1. The maximum atomic E-state index is 5.31. The van der Waals surface area contributed by atoms with E-state index in [1.807, 2.05) is 49.5 Å². The number of hydrazine groups is 1. The third-order valence-corrected chi connectivity index (χ3v) is 4.06. The molecule has 130 valence electrons. The van der Waals surface area contributed by atoms with Crippen molar-refractivity contribution in [3.8, 4) is 0 Å². The van der Waals surface area contributed by atoms with E-state index < -0.39 is 0 Å². The van der Waals surface area contributed by atoms with Crippen LogP contribution in [0.3, 0.4) is 0 Å². The zero-order chi connectivity index (χ0) is 17.5. The van der Waals surface area contributed by atoms with Crippen molar-refractivity contribution in [1.29, 1.82) is 0 Å². The average Bonchev–Trinajstić information content (AvgIpc) is 2.68. The van der Waals surface area contributed by atoms with Crippen LogP contribution < -0.4 is 15.8 Å². The first-order valence-electron chi connectivity index (χ1n) is 8.15. The van der Waals surface area contributed by atoms with Crippen LogP contribution in [-0.2, 0) is 0 Å². The molecule has 25 heavy (non-hydrogen) atoms. The third-order valence-electron chi connectivity index (χ3n) is 3.87. The van der Waals surface area contributed by atoms with Gasteiger partial charge in [-0.2, -0.15) is 5.10 Å². The largest absolute Gasteiger partial charge is 0.354 e. The highest BCUT2D eigenvalue weighted by molar-refractivity contribution is 7.80. The van der Waals surface area contributed by atoms with Gasteiger partial charge in [-0.15, -0.1) is 0 Å². The molecule has 7 nitrogen and oxygen atoms in total. The van der Waals surface area contributed by atoms with Gasteiger partial charge in [-0.1, -0.05) is 12.1 Å². The lowest BCUT2D eigenvalue weighted by Crippen LogP contribution is -2.55. The molecule has 3 rings (SSSR count). The highest BCUT2D eigenvalue weighted by Gasteiger charge is 2.18. The fraction of sp³-hybridized carbons (Fsp3) is 0.294. The molecule has 8 heteroatoms. The summed E-state index contributed by atoms with van der Waals surface area (Å²) in [6, 6.07) is 11.7. The molecule has 0 unspecified atom stereocenters. The predicted octanol–water partition coefficient (Wildman–Crippen LogP) is 1.40. The molecule has 1 aliphatic heterocycles. The third kappa shape index (κ3) is 4.94. The maximum Gasteiger partial charge on any atom is 0.201 e. The Bertz CT molecular complexity index is 712. The molecule has 1 aliphatic rings. The summed E-state index contributed by atoms with van der Waals surface area (Å²) >= 11 is 5.31. The minimum absolute atomic E-state index is 0.474. The van der Waals surface area contributed by atoms with Crippen LogP contribution in [0.2, 0.25) is 0 Å². The maximum absolute atomic E-state index is 5.31. The molecular formula is C17H21N7S. The van der Waals surface area contributed by atoms with E-state index in [0.717, 1.165) is 43.4 Å². The lowest BCUT2D eigenvalue weighted by atomic mass is 10.3. The molecule has 0 bridgehead atoms. The van der Waals surface area contributed by atoms with Crippen molar-refractivity contribution in [1.82, 2.24) is 25.8 Å². The molecule has 1 fully saturated rings. The van der Waals surface area contributed by atoms with Gasteiger partial charge in [-0.25, -0.2) is 9.99 Å². The number of hydrogen-bond donors (Lipinski definition) is 2. The van der Waals surface area contributed by atoms with Gasteiger partial charge in [-0.05, 0) is 43.4 Å². The van der Waals surface area contributed by atoms with Crippen LogP contribution in [0.5, 0.6) is 0 Å². The van der Waals surface area contributed by atoms with E-state index in [2.05, 4.69) is 35.8 Å². The SMILES string of the molecule is C/C(=N\NC(=S)NN1CCN(c2ccccn2)CC1)c1ccccn1. The van der Waals surface area contributed by atoms with Gasteiger partial charge in [0, 0.05) is 38.6 Å². The van der Waals surface area contributed by atoms with Crippen LogP contribution >= 0.6 is 12.2 Å². The number of aromatic nitrogens is 2. The second-order valence-corrected chi connectivity index (χ2v) is 6.04. The molecule has 0 atom stereocenters. The van der Waals surface area contributed by atoms with E-state index in [9.17, 15) is 0 Å². The van der Waals surface area contributed by atoms with Gasteiger partial charge in [0.05, 0.1) is 11.4 Å². The molecular weight excluding hydrogens is 334 g/mol. The minimum atomic E-state index is 0.474. The summed E-state index contributed by atoms with van der Waals surface area (Å²) in [5.74, 6) is 1.01. The van der Waals surface area contributed by atoms with E-state index in [-0.39, 0.29) is 0 Å². The number of nitrogens with one attached hydrogen (secondary N) is 2. The number of rotatable bonds is 4. The Morgan fingerprint density at radius 3 is 2.40 bits per heavy atom. The highest BCUT2D eigenvalue weighted by Crippen LogP contribution is 2.11. The molecule has 0 aromatic carbocycles. The number of thiocarbonyl (C=S) groups is 1. The lowest BCUT2D eigenvalue weighted by Gasteiger charge is -2.35. The van der Waals surface area contributed by atoms with Gasteiger partial charge in [0.1, 0.15) is 5.82 Å². The second-order valence-electron chi connectivity index (χ2n) is 5.63. The highest BCUT2D eigenvalue weighted by atomic mass is 32.1. The fourth-order valence-electron chi connectivity index (χ4n) is 2.53. The van der Waals surface area contributed by atoms with Gasteiger partial charge in [0.15, 0.2) is 0 Å². The van der Waals surface area contributed by atoms with E-state index in [0.29, 0.717) is 5.11 Å². The van der Waals surface area contributed by atoms with Crippen LogP contribution in [0, 0.1) is 0 Å². The van der Waals surface area contributed by atoms with Crippen molar-refractivity contribution in [3.63, 3.8) is 0 Å². The number of nitrogens with zero attached hydrogens (tertiary/aromatic N) is 5. The number of pyridine rings is 2. The monoisotopic (exact) mass is 355 g/mol. The minimum Gasteiger partial charge on any atom is -0.354 e. The van der Waals surface area contributed by atoms with Gasteiger partial charge in [0.25, 0.3) is 0 Å². The van der Waals surface area contributed by atoms with Crippen molar-refractivity contribution < 1.29 is 0 Å². The molecule has 2 N–H and O–H groups in total. The summed E-state index contributed by atoms with van der Waals surface area (Å²) in [6.45, 7) is 5.37. The Labute approximate surface area is 152 Å². The summed E-state index contributed by atoms with van der Waals surface area (Å²) in [5, 5.41) is 6.83. The number of hydrazone groups is 1.